The molecule has 2 aliphatic heterocycles. The van der Waals surface area contributed by atoms with Crippen molar-refractivity contribution in [3.63, 3.8) is 0 Å². The molecule has 5 aromatic rings. The molecule has 0 bridgehead atoms. The molecule has 0 amide bonds. The van der Waals surface area contributed by atoms with Gasteiger partial charge in [0.2, 0.25) is 12.5 Å². The molecule has 3 heterocycles. The second-order valence-electron chi connectivity index (χ2n) is 12.8. The van der Waals surface area contributed by atoms with Gasteiger partial charge in [0.15, 0.2) is 28.8 Å². The van der Waals surface area contributed by atoms with Crippen molar-refractivity contribution >= 4 is 17.8 Å². The third-order valence-electron chi connectivity index (χ3n) is 9.88. The quantitative estimate of drug-likeness (QED) is 0.0883. The Morgan fingerprint density at radius 3 is 2.34 bits per heavy atom. The van der Waals surface area contributed by atoms with E-state index in [0.29, 0.717) is 51.3 Å². The first kappa shape index (κ1) is 33.8. The van der Waals surface area contributed by atoms with E-state index in [1.165, 1.54) is 18.2 Å². The van der Waals surface area contributed by atoms with Crippen molar-refractivity contribution in [3.05, 3.63) is 124 Å². The van der Waals surface area contributed by atoms with E-state index in [1.54, 1.807) is 74.7 Å². The lowest BCUT2D eigenvalue weighted by atomic mass is 9.65. The highest BCUT2D eigenvalue weighted by Gasteiger charge is 2.53. The number of ether oxygens (including phenoxy) is 7. The molecule has 13 heteroatoms. The number of halogens is 1. The second kappa shape index (κ2) is 14.0. The topological polar surface area (TPSA) is 129 Å². The smallest absolute Gasteiger partial charge is 0.310 e. The van der Waals surface area contributed by atoms with Crippen LogP contribution in [0.4, 0.5) is 4.39 Å². The normalized spacial score (nSPS) is 19.7. The van der Waals surface area contributed by atoms with Crippen molar-refractivity contribution in [2.45, 2.75) is 18.6 Å². The fraction of sp³-hybridized carbons (Fsp3) is 0.250. The minimum absolute atomic E-state index is 0.0803. The number of hydrogen-bond acceptors (Lipinski definition) is 11. The molecule has 4 aromatic carbocycles. The van der Waals surface area contributed by atoms with E-state index in [9.17, 15) is 14.0 Å². The van der Waals surface area contributed by atoms with Gasteiger partial charge in [0.1, 0.15) is 23.9 Å². The number of methoxy groups -OCH3 is 3. The zero-order chi connectivity index (χ0) is 36.6. The van der Waals surface area contributed by atoms with Gasteiger partial charge in [-0.15, -0.1) is 5.10 Å². The fourth-order valence-electron chi connectivity index (χ4n) is 7.41. The van der Waals surface area contributed by atoms with E-state index in [2.05, 4.69) is 10.3 Å². The predicted octanol–water partition coefficient (Wildman–Crippen LogP) is 6.17. The van der Waals surface area contributed by atoms with E-state index in [4.69, 9.17) is 33.2 Å². The summed E-state index contributed by atoms with van der Waals surface area (Å²) in [5, 5.41) is 8.90. The van der Waals surface area contributed by atoms with E-state index < -0.39 is 23.7 Å². The van der Waals surface area contributed by atoms with Crippen LogP contribution in [-0.4, -0.2) is 61.5 Å². The van der Waals surface area contributed by atoms with Crippen LogP contribution in [0.2, 0.25) is 0 Å². The fourth-order valence-corrected chi connectivity index (χ4v) is 7.41. The number of carbonyl (C=O) groups excluding carboxylic acids is 2. The van der Waals surface area contributed by atoms with Gasteiger partial charge in [0.25, 0.3) is 0 Å². The Labute approximate surface area is 303 Å². The summed E-state index contributed by atoms with van der Waals surface area (Å²) in [6.07, 6.45) is 4.58. The first-order valence-corrected chi connectivity index (χ1v) is 16.9. The lowest BCUT2D eigenvalue weighted by Crippen LogP contribution is -2.37. The number of aromatic nitrogens is 3. The molecular weight excluding hydrogens is 685 g/mol. The number of cyclic esters (lactones) is 1. The first-order chi connectivity index (χ1) is 25.9. The van der Waals surface area contributed by atoms with Crippen molar-refractivity contribution in [1.82, 2.24) is 15.0 Å². The molecule has 0 radical (unpaired) electrons. The molecule has 0 unspecified atom stereocenters. The van der Waals surface area contributed by atoms with Gasteiger partial charge in [-0.05, 0) is 83.4 Å². The number of esters is 1. The van der Waals surface area contributed by atoms with Crippen LogP contribution in [0.3, 0.4) is 0 Å². The first-order valence-electron chi connectivity index (χ1n) is 16.9. The number of hydrogen-bond donors (Lipinski definition) is 0. The van der Waals surface area contributed by atoms with Crippen LogP contribution in [0.25, 0.3) is 6.08 Å². The summed E-state index contributed by atoms with van der Waals surface area (Å²) in [4.78, 5) is 26.3. The van der Waals surface area contributed by atoms with Crippen LogP contribution in [-0.2, 0) is 16.1 Å². The highest BCUT2D eigenvalue weighted by atomic mass is 19.1. The molecule has 12 nitrogen and oxygen atoms in total. The zero-order valence-corrected chi connectivity index (χ0v) is 29.0. The van der Waals surface area contributed by atoms with Gasteiger partial charge in [-0.1, -0.05) is 23.4 Å². The van der Waals surface area contributed by atoms with E-state index in [1.807, 2.05) is 24.3 Å². The Balaban J connectivity index is 1.07. The molecule has 4 atom stereocenters. The van der Waals surface area contributed by atoms with Gasteiger partial charge < -0.3 is 33.2 Å². The molecule has 53 heavy (non-hydrogen) atoms. The monoisotopic (exact) mass is 719 g/mol. The van der Waals surface area contributed by atoms with Crippen molar-refractivity contribution in [2.24, 2.45) is 11.8 Å². The van der Waals surface area contributed by atoms with E-state index >= 15 is 0 Å². The summed E-state index contributed by atoms with van der Waals surface area (Å²) in [6, 6.07) is 20.1. The molecule has 1 fully saturated rings. The predicted molar refractivity (Wildman–Crippen MR) is 187 cm³/mol. The highest BCUT2D eigenvalue weighted by molar-refractivity contribution is 6.06. The minimum atomic E-state index is -0.581. The second-order valence-corrected chi connectivity index (χ2v) is 12.8. The number of benzene rings is 4. The molecule has 1 saturated heterocycles. The minimum Gasteiger partial charge on any atom is -0.493 e. The van der Waals surface area contributed by atoms with Crippen molar-refractivity contribution in [3.8, 4) is 34.5 Å². The highest BCUT2D eigenvalue weighted by Crippen LogP contribution is 2.56. The van der Waals surface area contributed by atoms with E-state index in [0.717, 1.165) is 16.7 Å². The Morgan fingerprint density at radius 2 is 1.64 bits per heavy atom. The summed E-state index contributed by atoms with van der Waals surface area (Å²) in [7, 11) is 4.64. The molecule has 8 rings (SSSR count). The van der Waals surface area contributed by atoms with Crippen molar-refractivity contribution in [1.29, 1.82) is 0 Å². The standard InChI is InChI=1S/C40H34FN3O9/c1-47-34-14-24(15-35(48-2)39(34)49-3)36-27-16-32-33(53-21-52-32)17-28(27)38(29-20-51-40(46)37(29)36)44-18-25(42-43-44)19-50-26-11-8-23(9-12-26)31(45)13-10-22-6-4-5-7-30(22)41/h4-18,29,36-38H,19-21H2,1-3H3/b13-10+/t29-,36+,37-,38+/m0/s1. The molecular formula is C40H34FN3O9. The number of fused-ring (bicyclic) bond motifs is 3. The number of carbonyl (C=O) groups is 2. The average Bonchev–Trinajstić information content (AvgIpc) is 3.95. The number of ketones is 1. The van der Waals surface area contributed by atoms with Crippen LogP contribution >= 0.6 is 0 Å². The molecule has 0 N–H and O–H groups in total. The van der Waals surface area contributed by atoms with Gasteiger partial charge in [-0.25, -0.2) is 9.07 Å². The average molecular weight is 720 g/mol. The van der Waals surface area contributed by atoms with Crippen LogP contribution in [0.15, 0.2) is 85.1 Å². The lowest BCUT2D eigenvalue weighted by molar-refractivity contribution is -0.141. The maximum absolute atomic E-state index is 13.9. The van der Waals surface area contributed by atoms with Gasteiger partial charge in [0, 0.05) is 23.0 Å². The lowest BCUT2D eigenvalue weighted by Gasteiger charge is -2.39. The van der Waals surface area contributed by atoms with Gasteiger partial charge >= 0.3 is 5.97 Å². The van der Waals surface area contributed by atoms with Crippen LogP contribution in [0.5, 0.6) is 34.5 Å². The third kappa shape index (κ3) is 6.17. The Hall–Kier alpha value is -6.37. The summed E-state index contributed by atoms with van der Waals surface area (Å²) >= 11 is 0. The van der Waals surface area contributed by atoms with Gasteiger partial charge in [-0.2, -0.15) is 0 Å². The number of rotatable bonds is 11. The largest absolute Gasteiger partial charge is 0.493 e. The van der Waals surface area contributed by atoms with Gasteiger partial charge in [-0.3, -0.25) is 9.59 Å². The number of allylic oxidation sites excluding steroid dienone is 1. The maximum atomic E-state index is 13.9. The molecule has 3 aliphatic rings. The Bertz CT molecular complexity index is 2210. The van der Waals surface area contributed by atoms with Crippen LogP contribution in [0, 0.1) is 17.7 Å². The molecule has 1 aliphatic carbocycles. The van der Waals surface area contributed by atoms with Crippen molar-refractivity contribution < 1.29 is 47.1 Å². The van der Waals surface area contributed by atoms with Crippen molar-refractivity contribution in [2.75, 3.05) is 34.7 Å². The van der Waals surface area contributed by atoms with Gasteiger partial charge in [0.05, 0.1) is 46.1 Å². The summed E-state index contributed by atoms with van der Waals surface area (Å²) in [5.41, 5.74) is 3.83. The Morgan fingerprint density at radius 1 is 0.925 bits per heavy atom. The summed E-state index contributed by atoms with van der Waals surface area (Å²) in [5.74, 6) is 0.736. The molecule has 270 valence electrons. The zero-order valence-electron chi connectivity index (χ0n) is 29.0. The summed E-state index contributed by atoms with van der Waals surface area (Å²) < 4.78 is 55.9. The number of nitrogens with zero attached hydrogens (tertiary/aromatic N) is 3. The molecule has 0 spiro atoms. The van der Waals surface area contributed by atoms with E-state index in [-0.39, 0.29) is 37.7 Å². The molecule has 1 aromatic heterocycles. The third-order valence-corrected chi connectivity index (χ3v) is 9.88. The summed E-state index contributed by atoms with van der Waals surface area (Å²) in [6.45, 7) is 0.352. The molecule has 0 saturated carbocycles. The van der Waals surface area contributed by atoms with Crippen LogP contribution in [0.1, 0.15) is 50.3 Å². The Kier molecular flexibility index (Phi) is 8.90. The maximum Gasteiger partial charge on any atom is 0.310 e. The SMILES string of the molecule is COc1cc([C@@H]2c3cc4c(cc3[C@@H](n3cc(COc5ccc(C(=O)/C=C/c6ccccc6F)cc5)nn3)[C@H]3COC(=O)[C@H]23)OCO4)cc(OC)c1OC. The van der Waals surface area contributed by atoms with Crippen LogP contribution < -0.4 is 28.4 Å².